The largest absolute Gasteiger partial charge is 0.393 e. The van der Waals surface area contributed by atoms with E-state index in [-0.39, 0.29) is 36.2 Å². The quantitative estimate of drug-likeness (QED) is 0.811. The van der Waals surface area contributed by atoms with E-state index in [9.17, 15) is 14.7 Å². The minimum absolute atomic E-state index is 0.0578. The van der Waals surface area contributed by atoms with Crippen LogP contribution in [0.15, 0.2) is 60.3 Å². The Morgan fingerprint density at radius 2 is 1.86 bits per heavy atom. The van der Waals surface area contributed by atoms with Crippen molar-refractivity contribution in [2.45, 2.75) is 44.2 Å². The van der Waals surface area contributed by atoms with E-state index in [1.54, 1.807) is 6.20 Å². The number of carbonyl (C=O) groups excluding carboxylic acids is 2. The summed E-state index contributed by atoms with van der Waals surface area (Å²) in [7, 11) is 0. The summed E-state index contributed by atoms with van der Waals surface area (Å²) >= 11 is 0. The molecule has 2 aromatic rings. The number of Topliss-reactive ketones (excluding diaryl/α,β-unsaturated/α-hetero) is 1. The van der Waals surface area contributed by atoms with Gasteiger partial charge >= 0.3 is 0 Å². The van der Waals surface area contributed by atoms with Crippen molar-refractivity contribution in [1.82, 2.24) is 10.3 Å². The maximum absolute atomic E-state index is 12.8. The van der Waals surface area contributed by atoms with Gasteiger partial charge in [-0.3, -0.25) is 14.6 Å². The molecule has 1 aromatic carbocycles. The van der Waals surface area contributed by atoms with Crippen LogP contribution in [0, 0.1) is 5.92 Å². The Kier molecular flexibility index (Phi) is 5.35. The normalized spacial score (nSPS) is 22.7. The molecule has 144 valence electrons. The molecule has 0 bridgehead atoms. The van der Waals surface area contributed by atoms with Crippen LogP contribution >= 0.6 is 0 Å². The molecule has 2 aliphatic carbocycles. The van der Waals surface area contributed by atoms with Gasteiger partial charge < -0.3 is 10.4 Å². The second-order valence-electron chi connectivity index (χ2n) is 7.61. The molecule has 0 radical (unpaired) electrons. The van der Waals surface area contributed by atoms with Crippen LogP contribution in [0.4, 0.5) is 0 Å². The van der Waals surface area contributed by atoms with Crippen molar-refractivity contribution in [3.8, 4) is 0 Å². The second-order valence-corrected chi connectivity index (χ2v) is 7.61. The Labute approximate surface area is 164 Å². The molecule has 2 N–H and O–H groups in total. The first-order chi connectivity index (χ1) is 13.6. The monoisotopic (exact) mass is 376 g/mol. The lowest BCUT2D eigenvalue weighted by molar-refractivity contribution is -0.124. The van der Waals surface area contributed by atoms with Crippen LogP contribution in [0.3, 0.4) is 0 Å². The highest BCUT2D eigenvalue weighted by molar-refractivity contribution is 6.10. The van der Waals surface area contributed by atoms with E-state index in [0.29, 0.717) is 31.3 Å². The Hall–Kier alpha value is -2.79. The van der Waals surface area contributed by atoms with Crippen LogP contribution in [-0.4, -0.2) is 27.9 Å². The number of benzene rings is 1. The molecule has 0 spiro atoms. The Morgan fingerprint density at radius 1 is 1.11 bits per heavy atom. The lowest BCUT2D eigenvalue weighted by Crippen LogP contribution is -2.42. The molecule has 1 amide bonds. The maximum Gasteiger partial charge on any atom is 0.225 e. The fourth-order valence-corrected chi connectivity index (χ4v) is 4.15. The van der Waals surface area contributed by atoms with Gasteiger partial charge in [-0.05, 0) is 48.4 Å². The molecule has 1 heterocycles. The topological polar surface area (TPSA) is 79.3 Å². The zero-order valence-corrected chi connectivity index (χ0v) is 15.7. The van der Waals surface area contributed by atoms with Gasteiger partial charge in [0.05, 0.1) is 24.3 Å². The summed E-state index contributed by atoms with van der Waals surface area (Å²) in [5.41, 5.74) is 3.41. The Morgan fingerprint density at radius 3 is 2.54 bits per heavy atom. The van der Waals surface area contributed by atoms with E-state index < -0.39 is 0 Å². The van der Waals surface area contributed by atoms with Crippen LogP contribution in [-0.2, 0) is 9.59 Å². The molecular weight excluding hydrogens is 352 g/mol. The number of hydrogen-bond acceptors (Lipinski definition) is 4. The number of aromatic nitrogens is 1. The molecule has 28 heavy (non-hydrogen) atoms. The highest BCUT2D eigenvalue weighted by Crippen LogP contribution is 2.38. The first-order valence-electron chi connectivity index (χ1n) is 9.81. The molecule has 5 heteroatoms. The van der Waals surface area contributed by atoms with Gasteiger partial charge in [0.25, 0.3) is 0 Å². The van der Waals surface area contributed by atoms with E-state index >= 15 is 0 Å². The number of ketones is 1. The number of nitrogens with zero attached hydrogens (tertiary/aromatic N) is 1. The summed E-state index contributed by atoms with van der Waals surface area (Å²) in [4.78, 5) is 29.6. The molecule has 5 nitrogen and oxygen atoms in total. The third kappa shape index (κ3) is 3.90. The molecule has 0 aliphatic heterocycles. The van der Waals surface area contributed by atoms with Crippen LogP contribution in [0.2, 0.25) is 0 Å². The summed E-state index contributed by atoms with van der Waals surface area (Å²) in [5, 5.41) is 12.8. The number of amides is 1. The maximum atomic E-state index is 12.8. The first-order valence-corrected chi connectivity index (χ1v) is 9.81. The number of nitrogens with one attached hydrogen (secondary N) is 1. The molecular formula is C23H24N2O3. The van der Waals surface area contributed by atoms with Crippen molar-refractivity contribution in [1.29, 1.82) is 0 Å². The fourth-order valence-electron chi connectivity index (χ4n) is 4.15. The van der Waals surface area contributed by atoms with E-state index in [0.717, 1.165) is 16.8 Å². The minimum atomic E-state index is -0.308. The number of hydrogen-bond donors (Lipinski definition) is 2. The van der Waals surface area contributed by atoms with E-state index in [2.05, 4.69) is 10.3 Å². The Balaban J connectivity index is 1.52. The number of pyridine rings is 1. The SMILES string of the molecule is O=C(CC1=C(c2ccccc2)CCC1=O)NC(c1ccccn1)C1CC(O)C1. The van der Waals surface area contributed by atoms with E-state index in [4.69, 9.17) is 0 Å². The highest BCUT2D eigenvalue weighted by atomic mass is 16.3. The van der Waals surface area contributed by atoms with E-state index in [1.807, 2.05) is 48.5 Å². The standard InChI is InChI=1S/C23H24N2O3/c26-17-12-16(13-17)23(20-8-4-5-11-24-20)25-22(28)14-19-18(9-10-21(19)27)15-6-2-1-3-7-15/h1-8,11,16-17,23,26H,9-10,12-14H2,(H,25,28). The number of carbonyl (C=O) groups is 2. The predicted molar refractivity (Wildman–Crippen MR) is 106 cm³/mol. The minimum Gasteiger partial charge on any atom is -0.393 e. The molecule has 1 fully saturated rings. The molecule has 2 aliphatic rings. The number of allylic oxidation sites excluding steroid dienone is 1. The van der Waals surface area contributed by atoms with Gasteiger partial charge in [-0.2, -0.15) is 0 Å². The first kappa shape index (κ1) is 18.6. The third-order valence-electron chi connectivity index (χ3n) is 5.71. The van der Waals surface area contributed by atoms with Crippen LogP contribution in [0.25, 0.3) is 5.57 Å². The predicted octanol–water partition coefficient (Wildman–Crippen LogP) is 3.22. The molecule has 1 atom stereocenters. The Bertz CT molecular complexity index is 887. The number of rotatable bonds is 6. The second kappa shape index (κ2) is 8.07. The van der Waals surface area contributed by atoms with Crippen LogP contribution < -0.4 is 5.32 Å². The van der Waals surface area contributed by atoms with Gasteiger partial charge in [-0.25, -0.2) is 0 Å². The van der Waals surface area contributed by atoms with Crippen molar-refractivity contribution in [3.05, 3.63) is 71.6 Å². The summed E-state index contributed by atoms with van der Waals surface area (Å²) < 4.78 is 0. The average molecular weight is 376 g/mol. The van der Waals surface area contributed by atoms with Gasteiger partial charge in [0.1, 0.15) is 0 Å². The van der Waals surface area contributed by atoms with Crippen molar-refractivity contribution in [2.24, 2.45) is 5.92 Å². The highest BCUT2D eigenvalue weighted by Gasteiger charge is 2.36. The van der Waals surface area contributed by atoms with Gasteiger partial charge in [0, 0.05) is 18.2 Å². The van der Waals surface area contributed by atoms with Crippen LogP contribution in [0.1, 0.15) is 49.4 Å². The smallest absolute Gasteiger partial charge is 0.225 e. The fraction of sp³-hybridized carbons (Fsp3) is 0.348. The van der Waals surface area contributed by atoms with Gasteiger partial charge in [-0.15, -0.1) is 0 Å². The average Bonchev–Trinajstić information content (AvgIpc) is 3.05. The number of aliphatic hydroxyl groups is 1. The summed E-state index contributed by atoms with van der Waals surface area (Å²) in [6.45, 7) is 0. The van der Waals surface area contributed by atoms with Gasteiger partial charge in [0.15, 0.2) is 5.78 Å². The number of aliphatic hydroxyl groups excluding tert-OH is 1. The van der Waals surface area contributed by atoms with Gasteiger partial charge in [-0.1, -0.05) is 36.4 Å². The summed E-state index contributed by atoms with van der Waals surface area (Å²) in [5.74, 6) is 0.0499. The molecule has 1 saturated carbocycles. The molecule has 0 saturated heterocycles. The summed E-state index contributed by atoms with van der Waals surface area (Å²) in [6, 6.07) is 15.2. The molecule has 4 rings (SSSR count). The van der Waals surface area contributed by atoms with Crippen molar-refractivity contribution in [3.63, 3.8) is 0 Å². The van der Waals surface area contributed by atoms with Gasteiger partial charge in [0.2, 0.25) is 5.91 Å². The van der Waals surface area contributed by atoms with Crippen molar-refractivity contribution in [2.75, 3.05) is 0 Å². The van der Waals surface area contributed by atoms with Crippen molar-refractivity contribution < 1.29 is 14.7 Å². The lowest BCUT2D eigenvalue weighted by atomic mass is 9.76. The summed E-state index contributed by atoms with van der Waals surface area (Å²) in [6.07, 6.45) is 3.94. The zero-order valence-electron chi connectivity index (χ0n) is 15.7. The molecule has 1 unspecified atom stereocenters. The third-order valence-corrected chi connectivity index (χ3v) is 5.71. The van der Waals surface area contributed by atoms with Crippen LogP contribution in [0.5, 0.6) is 0 Å². The van der Waals surface area contributed by atoms with E-state index in [1.165, 1.54) is 0 Å². The zero-order chi connectivity index (χ0) is 19.5. The molecule has 1 aromatic heterocycles. The van der Waals surface area contributed by atoms with Crippen molar-refractivity contribution >= 4 is 17.3 Å². The lowest BCUT2D eigenvalue weighted by Gasteiger charge is -2.37.